The molecule has 1 rings (SSSR count). The fourth-order valence-corrected chi connectivity index (χ4v) is 4.06. The number of unbranched alkanes of at least 4 members (excludes halogenated alkanes) is 2. The number of methoxy groups -OCH3 is 3. The van der Waals surface area contributed by atoms with Gasteiger partial charge in [0.15, 0.2) is 0 Å². The first kappa shape index (κ1) is 28.3. The molecule has 0 spiro atoms. The lowest BCUT2D eigenvalue weighted by atomic mass is 10.1. The summed E-state index contributed by atoms with van der Waals surface area (Å²) >= 11 is 0. The fraction of sp³-hybridized carbons (Fsp3) is 0.870. The van der Waals surface area contributed by atoms with Gasteiger partial charge in [0.25, 0.3) is 0 Å². The second-order valence-corrected chi connectivity index (χ2v) is 8.57. The van der Waals surface area contributed by atoms with Crippen LogP contribution in [-0.4, -0.2) is 112 Å². The lowest BCUT2D eigenvalue weighted by Gasteiger charge is -2.44. The van der Waals surface area contributed by atoms with E-state index in [-0.39, 0.29) is 17.9 Å². The molecule has 9 heteroatoms. The van der Waals surface area contributed by atoms with Crippen molar-refractivity contribution >= 4 is 17.9 Å². The summed E-state index contributed by atoms with van der Waals surface area (Å²) in [4.78, 5) is 41.5. The quantitative estimate of drug-likeness (QED) is 0.206. The normalized spacial score (nSPS) is 19.7. The third-order valence-corrected chi connectivity index (χ3v) is 6.22. The van der Waals surface area contributed by atoms with Gasteiger partial charge in [0.05, 0.1) is 34.2 Å². The molecule has 0 saturated carbocycles. The van der Waals surface area contributed by atoms with Crippen LogP contribution in [0.15, 0.2) is 0 Å². The maximum Gasteiger partial charge on any atom is 0.306 e. The van der Waals surface area contributed by atoms with Gasteiger partial charge < -0.3 is 19.1 Å². The molecule has 2 atom stereocenters. The number of piperazine rings is 1. The number of esters is 3. The molecule has 1 aliphatic heterocycles. The molecule has 32 heavy (non-hydrogen) atoms. The molecule has 1 aliphatic rings. The Kier molecular flexibility index (Phi) is 14.2. The average molecular weight is 458 g/mol. The fourth-order valence-electron chi connectivity index (χ4n) is 4.06. The average Bonchev–Trinajstić information content (AvgIpc) is 2.79. The predicted molar refractivity (Wildman–Crippen MR) is 122 cm³/mol. The van der Waals surface area contributed by atoms with Gasteiger partial charge in [-0.3, -0.25) is 24.2 Å². The summed E-state index contributed by atoms with van der Waals surface area (Å²) in [5.41, 5.74) is 0. The molecule has 0 radical (unpaired) electrons. The van der Waals surface area contributed by atoms with Crippen molar-refractivity contribution in [2.24, 2.45) is 0 Å². The molecule has 1 fully saturated rings. The van der Waals surface area contributed by atoms with Gasteiger partial charge >= 0.3 is 17.9 Å². The molecule has 0 aromatic carbocycles. The molecule has 1 saturated heterocycles. The van der Waals surface area contributed by atoms with Crippen molar-refractivity contribution < 1.29 is 28.6 Å². The zero-order valence-corrected chi connectivity index (χ0v) is 20.6. The Bertz CT molecular complexity index is 554. The molecule has 0 aliphatic carbocycles. The molecule has 0 aromatic heterocycles. The van der Waals surface area contributed by atoms with Crippen molar-refractivity contribution in [3.8, 4) is 0 Å². The summed E-state index contributed by atoms with van der Waals surface area (Å²) in [5, 5.41) is 0. The Morgan fingerprint density at radius 2 is 1.16 bits per heavy atom. The number of hydrogen-bond acceptors (Lipinski definition) is 9. The van der Waals surface area contributed by atoms with Crippen LogP contribution in [0, 0.1) is 0 Å². The maximum absolute atomic E-state index is 11.5. The van der Waals surface area contributed by atoms with Crippen LogP contribution in [0.25, 0.3) is 0 Å². The van der Waals surface area contributed by atoms with E-state index in [0.29, 0.717) is 44.4 Å². The molecule has 0 bridgehead atoms. The van der Waals surface area contributed by atoms with Gasteiger partial charge in [-0.25, -0.2) is 0 Å². The zero-order chi connectivity index (χ0) is 23.9. The number of ether oxygens (including phenoxy) is 3. The van der Waals surface area contributed by atoms with Gasteiger partial charge in [-0.15, -0.1) is 0 Å². The van der Waals surface area contributed by atoms with Gasteiger partial charge in [-0.1, -0.05) is 6.42 Å². The van der Waals surface area contributed by atoms with E-state index < -0.39 is 0 Å². The lowest BCUT2D eigenvalue weighted by Crippen LogP contribution is -2.57. The van der Waals surface area contributed by atoms with E-state index in [4.69, 9.17) is 14.2 Å². The number of carbonyl (C=O) groups is 3. The number of carbonyl (C=O) groups excluding carboxylic acids is 3. The van der Waals surface area contributed by atoms with Crippen LogP contribution in [0.5, 0.6) is 0 Å². The van der Waals surface area contributed by atoms with Crippen molar-refractivity contribution in [3.63, 3.8) is 0 Å². The van der Waals surface area contributed by atoms with E-state index in [1.165, 1.54) is 21.3 Å². The lowest BCUT2D eigenvalue weighted by molar-refractivity contribution is -0.142. The predicted octanol–water partition coefficient (Wildman–Crippen LogP) is 1.54. The maximum atomic E-state index is 11.5. The Morgan fingerprint density at radius 1 is 0.688 bits per heavy atom. The molecule has 1 heterocycles. The summed E-state index contributed by atoms with van der Waals surface area (Å²) in [6, 6.07) is 0.898. The standard InChI is InChI=1S/C23H43N3O6/c1-19-18-26(20(2)17-25(19)12-8-6-7-9-21(27)30-3)16-15-24(13-10-22(28)31-4)14-11-23(29)32-5/h19-20H,6-18H2,1-5H3/t19-,20+/m0/s1. The van der Waals surface area contributed by atoms with Crippen molar-refractivity contribution in [1.29, 1.82) is 0 Å². The minimum Gasteiger partial charge on any atom is -0.469 e. The van der Waals surface area contributed by atoms with Crippen LogP contribution in [0.2, 0.25) is 0 Å². The van der Waals surface area contributed by atoms with Crippen LogP contribution >= 0.6 is 0 Å². The van der Waals surface area contributed by atoms with Crippen LogP contribution in [0.3, 0.4) is 0 Å². The minimum absolute atomic E-state index is 0.132. The first-order valence-electron chi connectivity index (χ1n) is 11.7. The van der Waals surface area contributed by atoms with Gasteiger partial charge in [0.2, 0.25) is 0 Å². The van der Waals surface area contributed by atoms with E-state index in [9.17, 15) is 14.4 Å². The molecule has 9 nitrogen and oxygen atoms in total. The van der Waals surface area contributed by atoms with E-state index in [0.717, 1.165) is 52.0 Å². The third kappa shape index (κ3) is 11.2. The van der Waals surface area contributed by atoms with E-state index in [1.807, 2.05) is 0 Å². The van der Waals surface area contributed by atoms with Crippen LogP contribution in [0.4, 0.5) is 0 Å². The summed E-state index contributed by atoms with van der Waals surface area (Å²) in [5.74, 6) is -0.613. The highest BCUT2D eigenvalue weighted by atomic mass is 16.5. The van der Waals surface area contributed by atoms with Crippen molar-refractivity contribution in [3.05, 3.63) is 0 Å². The molecule has 0 aromatic rings. The number of nitrogens with zero attached hydrogens (tertiary/aromatic N) is 3. The highest BCUT2D eigenvalue weighted by Gasteiger charge is 2.28. The molecule has 186 valence electrons. The second kappa shape index (κ2) is 16.0. The van der Waals surface area contributed by atoms with Crippen LogP contribution in [0.1, 0.15) is 52.4 Å². The minimum atomic E-state index is -0.241. The smallest absolute Gasteiger partial charge is 0.306 e. The summed E-state index contributed by atoms with van der Waals surface area (Å²) < 4.78 is 14.2. The molecular weight excluding hydrogens is 414 g/mol. The topological polar surface area (TPSA) is 88.6 Å². The Balaban J connectivity index is 2.43. The second-order valence-electron chi connectivity index (χ2n) is 8.57. The van der Waals surface area contributed by atoms with Gasteiger partial charge in [-0.05, 0) is 33.2 Å². The molecule has 0 N–H and O–H groups in total. The van der Waals surface area contributed by atoms with Gasteiger partial charge in [-0.2, -0.15) is 0 Å². The SMILES string of the molecule is COC(=O)CCCCCN1C[C@@H](C)N(CCN(CCC(=O)OC)CCC(=O)OC)C[C@@H]1C. The van der Waals surface area contributed by atoms with E-state index in [2.05, 4.69) is 28.5 Å². The highest BCUT2D eigenvalue weighted by Crippen LogP contribution is 2.16. The third-order valence-electron chi connectivity index (χ3n) is 6.22. The molecular formula is C23H43N3O6. The van der Waals surface area contributed by atoms with Crippen LogP contribution in [-0.2, 0) is 28.6 Å². The van der Waals surface area contributed by atoms with Gasteiger partial charge in [0, 0.05) is 57.8 Å². The summed E-state index contributed by atoms with van der Waals surface area (Å²) in [6.45, 7) is 10.4. The first-order valence-corrected chi connectivity index (χ1v) is 11.7. The summed E-state index contributed by atoms with van der Waals surface area (Å²) in [7, 11) is 4.22. The first-order chi connectivity index (χ1) is 15.3. The van der Waals surface area contributed by atoms with Gasteiger partial charge in [0.1, 0.15) is 0 Å². The Labute approximate surface area is 193 Å². The summed E-state index contributed by atoms with van der Waals surface area (Å²) in [6.07, 6.45) is 4.12. The van der Waals surface area contributed by atoms with E-state index >= 15 is 0 Å². The van der Waals surface area contributed by atoms with Crippen molar-refractivity contribution in [2.75, 3.05) is 67.1 Å². The largest absolute Gasteiger partial charge is 0.469 e. The Hall–Kier alpha value is -1.71. The zero-order valence-electron chi connectivity index (χ0n) is 20.6. The molecule has 0 unspecified atom stereocenters. The number of rotatable bonds is 15. The van der Waals surface area contributed by atoms with Crippen molar-refractivity contribution in [2.45, 2.75) is 64.5 Å². The highest BCUT2D eigenvalue weighted by molar-refractivity contribution is 5.70. The molecule has 0 amide bonds. The monoisotopic (exact) mass is 457 g/mol. The van der Waals surface area contributed by atoms with E-state index in [1.54, 1.807) is 0 Å². The van der Waals surface area contributed by atoms with Crippen LogP contribution < -0.4 is 0 Å². The Morgan fingerprint density at radius 3 is 1.66 bits per heavy atom. The number of hydrogen-bond donors (Lipinski definition) is 0. The van der Waals surface area contributed by atoms with Crippen molar-refractivity contribution in [1.82, 2.24) is 14.7 Å².